The Morgan fingerprint density at radius 2 is 1.78 bits per heavy atom. The molecule has 0 saturated heterocycles. The lowest BCUT2D eigenvalue weighted by Gasteiger charge is -2.16. The largest absolute Gasteiger partial charge is 0.345 e. The van der Waals surface area contributed by atoms with Crippen LogP contribution in [0.5, 0.6) is 0 Å². The van der Waals surface area contributed by atoms with Crippen LogP contribution in [-0.2, 0) is 4.79 Å². The van der Waals surface area contributed by atoms with Crippen LogP contribution in [0, 0.1) is 5.82 Å². The Balaban J connectivity index is 2.14. The van der Waals surface area contributed by atoms with E-state index in [4.69, 9.17) is 11.6 Å². The van der Waals surface area contributed by atoms with E-state index in [0.29, 0.717) is 11.3 Å². The molecule has 0 aliphatic carbocycles. The first-order chi connectivity index (χ1) is 11.0. The molecule has 2 aromatic rings. The van der Waals surface area contributed by atoms with Gasteiger partial charge in [0.1, 0.15) is 11.7 Å². The fraction of sp³-hybridized carbons (Fsp3) is 0.176. The van der Waals surface area contributed by atoms with Crippen LogP contribution in [0.15, 0.2) is 48.5 Å². The maximum Gasteiger partial charge on any atom is 0.253 e. The fourth-order valence-corrected chi connectivity index (χ4v) is 2.15. The minimum Gasteiger partial charge on any atom is -0.345 e. The van der Waals surface area contributed by atoms with Crippen molar-refractivity contribution in [1.29, 1.82) is 0 Å². The molecule has 0 aromatic heterocycles. The maximum atomic E-state index is 12.9. The van der Waals surface area contributed by atoms with Crippen molar-refractivity contribution in [2.75, 3.05) is 11.2 Å². The van der Waals surface area contributed by atoms with Crippen LogP contribution in [0.4, 0.5) is 10.1 Å². The van der Waals surface area contributed by atoms with E-state index in [9.17, 15) is 14.0 Å². The number of hydrogen-bond acceptors (Lipinski definition) is 2. The Hall–Kier alpha value is -2.40. The first-order valence-corrected chi connectivity index (χ1v) is 7.56. The van der Waals surface area contributed by atoms with E-state index in [1.807, 2.05) is 0 Å². The predicted molar refractivity (Wildman–Crippen MR) is 88.1 cm³/mol. The van der Waals surface area contributed by atoms with Gasteiger partial charge in [0.15, 0.2) is 0 Å². The molecule has 1 atom stereocenters. The van der Waals surface area contributed by atoms with Gasteiger partial charge in [-0.1, -0.05) is 24.3 Å². The SMILES string of the molecule is C[C@@H](NC(=O)c1ccccc1NC(=O)CCl)c1ccc(F)cc1. The summed E-state index contributed by atoms with van der Waals surface area (Å²) in [6, 6.07) is 12.2. The highest BCUT2D eigenvalue weighted by Gasteiger charge is 2.15. The maximum absolute atomic E-state index is 12.9. The summed E-state index contributed by atoms with van der Waals surface area (Å²) in [7, 11) is 0. The smallest absolute Gasteiger partial charge is 0.253 e. The van der Waals surface area contributed by atoms with Gasteiger partial charge in [-0.15, -0.1) is 11.6 Å². The lowest BCUT2D eigenvalue weighted by atomic mass is 10.1. The summed E-state index contributed by atoms with van der Waals surface area (Å²) in [5.74, 6) is -1.26. The van der Waals surface area contributed by atoms with Gasteiger partial charge < -0.3 is 10.6 Å². The van der Waals surface area contributed by atoms with Gasteiger partial charge in [-0.05, 0) is 36.8 Å². The lowest BCUT2D eigenvalue weighted by Crippen LogP contribution is -2.28. The molecule has 2 amide bonds. The number of benzene rings is 2. The molecule has 0 bridgehead atoms. The number of carbonyl (C=O) groups is 2. The van der Waals surface area contributed by atoms with Crippen LogP contribution >= 0.6 is 11.6 Å². The molecule has 0 heterocycles. The number of nitrogens with one attached hydrogen (secondary N) is 2. The Bertz CT molecular complexity index is 704. The van der Waals surface area contributed by atoms with E-state index >= 15 is 0 Å². The summed E-state index contributed by atoms with van der Waals surface area (Å²) in [5.41, 5.74) is 1.50. The number of amides is 2. The number of halogens is 2. The minimum atomic E-state index is -0.390. The van der Waals surface area contributed by atoms with Gasteiger partial charge in [0.2, 0.25) is 5.91 Å². The summed E-state index contributed by atoms with van der Waals surface area (Å²) in [4.78, 5) is 23.8. The molecule has 6 heteroatoms. The predicted octanol–water partition coefficient (Wildman–Crippen LogP) is 3.49. The van der Waals surface area contributed by atoms with Gasteiger partial charge in [0.05, 0.1) is 17.3 Å². The number of anilines is 1. The summed E-state index contributed by atoms with van der Waals surface area (Å²) in [6.45, 7) is 1.80. The van der Waals surface area contributed by atoms with E-state index in [0.717, 1.165) is 5.56 Å². The van der Waals surface area contributed by atoms with Crippen molar-refractivity contribution in [1.82, 2.24) is 5.32 Å². The topological polar surface area (TPSA) is 58.2 Å². The highest BCUT2D eigenvalue weighted by atomic mass is 35.5. The monoisotopic (exact) mass is 334 g/mol. The molecule has 0 aliphatic rings. The molecule has 2 rings (SSSR count). The molecule has 4 nitrogen and oxygen atoms in total. The zero-order chi connectivity index (χ0) is 16.8. The van der Waals surface area contributed by atoms with Crippen LogP contribution in [0.2, 0.25) is 0 Å². The van der Waals surface area contributed by atoms with Crippen LogP contribution in [-0.4, -0.2) is 17.7 Å². The Labute approximate surface area is 138 Å². The average molecular weight is 335 g/mol. The van der Waals surface area contributed by atoms with Crippen molar-refractivity contribution in [3.8, 4) is 0 Å². The first kappa shape index (κ1) is 17.0. The summed E-state index contributed by atoms with van der Waals surface area (Å²) in [6.07, 6.45) is 0. The van der Waals surface area contributed by atoms with Crippen LogP contribution in [0.1, 0.15) is 28.9 Å². The Kier molecular flexibility index (Phi) is 5.71. The molecule has 0 spiro atoms. The molecule has 0 radical (unpaired) electrons. The normalized spacial score (nSPS) is 11.6. The highest BCUT2D eigenvalue weighted by Crippen LogP contribution is 2.18. The Morgan fingerprint density at radius 3 is 2.43 bits per heavy atom. The van der Waals surface area contributed by atoms with E-state index < -0.39 is 5.91 Å². The quantitative estimate of drug-likeness (QED) is 0.822. The summed E-state index contributed by atoms with van der Waals surface area (Å²) in [5, 5.41) is 5.40. The minimum absolute atomic E-state index is 0.193. The summed E-state index contributed by atoms with van der Waals surface area (Å²) >= 11 is 5.47. The molecular formula is C17H16ClFN2O2. The molecule has 0 aliphatic heterocycles. The average Bonchev–Trinajstić information content (AvgIpc) is 2.55. The van der Waals surface area contributed by atoms with E-state index in [-0.39, 0.29) is 23.6 Å². The van der Waals surface area contributed by atoms with E-state index in [1.54, 1.807) is 43.3 Å². The molecule has 2 aromatic carbocycles. The van der Waals surface area contributed by atoms with Gasteiger partial charge in [0.25, 0.3) is 5.91 Å². The molecule has 120 valence electrons. The van der Waals surface area contributed by atoms with Gasteiger partial charge >= 0.3 is 0 Å². The van der Waals surface area contributed by atoms with Gasteiger partial charge in [-0.25, -0.2) is 4.39 Å². The molecule has 0 saturated carbocycles. The number of para-hydroxylation sites is 1. The molecule has 0 fully saturated rings. The van der Waals surface area contributed by atoms with E-state index in [1.165, 1.54) is 12.1 Å². The second kappa shape index (κ2) is 7.74. The van der Waals surface area contributed by atoms with Crippen molar-refractivity contribution in [2.24, 2.45) is 0 Å². The second-order valence-corrected chi connectivity index (χ2v) is 5.24. The molecule has 0 unspecified atom stereocenters. The Morgan fingerprint density at radius 1 is 1.13 bits per heavy atom. The number of carbonyl (C=O) groups excluding carboxylic acids is 2. The third kappa shape index (κ3) is 4.53. The fourth-order valence-electron chi connectivity index (χ4n) is 2.08. The zero-order valence-electron chi connectivity index (χ0n) is 12.5. The van der Waals surface area contributed by atoms with Gasteiger partial charge in [-0.2, -0.15) is 0 Å². The summed E-state index contributed by atoms with van der Waals surface area (Å²) < 4.78 is 12.9. The van der Waals surface area contributed by atoms with Gasteiger partial charge in [-0.3, -0.25) is 9.59 Å². The van der Waals surface area contributed by atoms with Crippen LogP contribution < -0.4 is 10.6 Å². The lowest BCUT2D eigenvalue weighted by molar-refractivity contribution is -0.113. The van der Waals surface area contributed by atoms with Crippen molar-refractivity contribution >= 4 is 29.1 Å². The van der Waals surface area contributed by atoms with Gasteiger partial charge in [0, 0.05) is 0 Å². The standard InChI is InChI=1S/C17H16ClFN2O2/c1-11(12-6-8-13(19)9-7-12)20-17(23)14-4-2-3-5-15(14)21-16(22)10-18/h2-9,11H,10H2,1H3,(H,20,23)(H,21,22)/t11-/m1/s1. The highest BCUT2D eigenvalue weighted by molar-refractivity contribution is 6.29. The zero-order valence-corrected chi connectivity index (χ0v) is 13.2. The van der Waals surface area contributed by atoms with Crippen molar-refractivity contribution in [2.45, 2.75) is 13.0 Å². The third-order valence-electron chi connectivity index (χ3n) is 3.28. The molecular weight excluding hydrogens is 319 g/mol. The van der Waals surface area contributed by atoms with E-state index in [2.05, 4.69) is 10.6 Å². The van der Waals surface area contributed by atoms with Crippen molar-refractivity contribution < 1.29 is 14.0 Å². The second-order valence-electron chi connectivity index (χ2n) is 4.97. The van der Waals surface area contributed by atoms with Crippen molar-refractivity contribution in [3.63, 3.8) is 0 Å². The molecule has 2 N–H and O–H groups in total. The number of rotatable bonds is 5. The first-order valence-electron chi connectivity index (χ1n) is 7.02. The number of alkyl halides is 1. The van der Waals surface area contributed by atoms with Crippen LogP contribution in [0.3, 0.4) is 0 Å². The number of hydrogen-bond donors (Lipinski definition) is 2. The molecule has 23 heavy (non-hydrogen) atoms. The van der Waals surface area contributed by atoms with Crippen LogP contribution in [0.25, 0.3) is 0 Å². The third-order valence-corrected chi connectivity index (χ3v) is 3.53. The van der Waals surface area contributed by atoms with Crippen molar-refractivity contribution in [3.05, 3.63) is 65.5 Å².